The molecule has 0 atom stereocenters. The van der Waals surface area contributed by atoms with E-state index in [-0.39, 0.29) is 24.4 Å². The van der Waals surface area contributed by atoms with Gasteiger partial charge in [-0.05, 0) is 101 Å². The summed E-state index contributed by atoms with van der Waals surface area (Å²) in [4.78, 5) is 2.30. The standard InChI is InChI=1S/C21H25N.C20H30O.ClH/c1-21(2,3)15-8-5-9-16-22(4)17-19-13-10-12-18-11-6-7-14-20(18)19;1-16(8-6-9-17(2)13-15-21)11-12-19-18(3)10-7-14-20(19,4)5;/h5-7,9-14H,16-17H2,1-4H3;6,8-9,11-13,21H,7,10,14-15H2,1-5H3;1H/b9-5+;9-6+,12-11+,16-8+,17-13+;. The first-order valence-corrected chi connectivity index (χ1v) is 15.7. The van der Waals surface area contributed by atoms with Crippen molar-refractivity contribution >= 4 is 23.2 Å². The molecule has 0 amide bonds. The Bertz CT molecular complexity index is 1420. The van der Waals surface area contributed by atoms with Crippen LogP contribution in [0, 0.1) is 22.7 Å². The fourth-order valence-electron chi connectivity index (χ4n) is 5.18. The highest BCUT2D eigenvalue weighted by atomic mass is 35.5. The van der Waals surface area contributed by atoms with Gasteiger partial charge in [0.15, 0.2) is 0 Å². The summed E-state index contributed by atoms with van der Waals surface area (Å²) in [7, 11) is 2.14. The highest BCUT2D eigenvalue weighted by Crippen LogP contribution is 2.40. The number of benzene rings is 2. The number of aliphatic hydroxyl groups is 1. The summed E-state index contributed by atoms with van der Waals surface area (Å²) in [5, 5.41) is 11.5. The molecular weight excluding hydrogens is 558 g/mol. The van der Waals surface area contributed by atoms with Crippen LogP contribution in [-0.2, 0) is 6.54 Å². The van der Waals surface area contributed by atoms with E-state index >= 15 is 0 Å². The summed E-state index contributed by atoms with van der Waals surface area (Å²) < 4.78 is 0. The van der Waals surface area contributed by atoms with Gasteiger partial charge in [-0.25, -0.2) is 0 Å². The lowest BCUT2D eigenvalue weighted by Gasteiger charge is -2.32. The van der Waals surface area contributed by atoms with Crippen LogP contribution < -0.4 is 0 Å². The maximum absolute atomic E-state index is 8.81. The van der Waals surface area contributed by atoms with Crippen molar-refractivity contribution in [1.82, 2.24) is 4.90 Å². The summed E-state index contributed by atoms with van der Waals surface area (Å²) in [6.45, 7) is 19.4. The summed E-state index contributed by atoms with van der Waals surface area (Å²) in [6.07, 6.45) is 20.4. The minimum absolute atomic E-state index is 0. The Labute approximate surface area is 275 Å². The second kappa shape index (κ2) is 19.3. The van der Waals surface area contributed by atoms with E-state index in [9.17, 15) is 0 Å². The fraction of sp³-hybridized carbons (Fsp3) is 0.415. The minimum Gasteiger partial charge on any atom is -0.392 e. The molecule has 2 aromatic rings. The van der Waals surface area contributed by atoms with E-state index in [1.165, 1.54) is 52.3 Å². The Morgan fingerprint density at radius 1 is 1.02 bits per heavy atom. The molecule has 0 spiro atoms. The van der Waals surface area contributed by atoms with Crippen molar-refractivity contribution in [3.63, 3.8) is 0 Å². The first kappa shape index (κ1) is 38.9. The van der Waals surface area contributed by atoms with Crippen molar-refractivity contribution in [2.75, 3.05) is 20.2 Å². The Morgan fingerprint density at radius 2 is 1.73 bits per heavy atom. The lowest BCUT2D eigenvalue weighted by atomic mass is 9.72. The summed E-state index contributed by atoms with van der Waals surface area (Å²) >= 11 is 0. The van der Waals surface area contributed by atoms with Gasteiger partial charge in [-0.2, -0.15) is 0 Å². The molecule has 2 aromatic carbocycles. The smallest absolute Gasteiger partial charge is 0.0617 e. The Hall–Kier alpha value is -3.09. The number of hydrogen-bond donors (Lipinski definition) is 1. The minimum atomic E-state index is 0. The van der Waals surface area contributed by atoms with Gasteiger partial charge < -0.3 is 5.11 Å². The number of aliphatic hydroxyl groups excluding tert-OH is 1. The van der Waals surface area contributed by atoms with Crippen molar-refractivity contribution in [2.24, 2.45) is 10.8 Å². The molecule has 2 nitrogen and oxygen atoms in total. The molecule has 0 unspecified atom stereocenters. The van der Waals surface area contributed by atoms with Crippen LogP contribution in [0.3, 0.4) is 0 Å². The number of fused-ring (bicyclic) bond motifs is 1. The van der Waals surface area contributed by atoms with Crippen molar-refractivity contribution in [3.8, 4) is 11.8 Å². The van der Waals surface area contributed by atoms with Crippen LogP contribution in [0.25, 0.3) is 10.8 Å². The molecule has 0 heterocycles. The van der Waals surface area contributed by atoms with Crippen molar-refractivity contribution < 1.29 is 5.11 Å². The van der Waals surface area contributed by atoms with E-state index in [2.05, 4.69) is 139 Å². The largest absolute Gasteiger partial charge is 0.392 e. The number of likely N-dealkylation sites (N-methyl/N-ethyl adjacent to an activating group) is 1. The third-order valence-corrected chi connectivity index (χ3v) is 7.57. The van der Waals surface area contributed by atoms with Crippen LogP contribution >= 0.6 is 12.4 Å². The molecule has 0 saturated carbocycles. The van der Waals surface area contributed by atoms with E-state index < -0.39 is 0 Å². The predicted octanol–water partition coefficient (Wildman–Crippen LogP) is 10.8. The number of nitrogens with zero attached hydrogens (tertiary/aromatic N) is 1. The van der Waals surface area contributed by atoms with Gasteiger partial charge in [-0.3, -0.25) is 4.90 Å². The van der Waals surface area contributed by atoms with E-state index in [1.54, 1.807) is 6.08 Å². The first-order valence-electron chi connectivity index (χ1n) is 15.7. The molecule has 0 fully saturated rings. The topological polar surface area (TPSA) is 23.5 Å². The summed E-state index contributed by atoms with van der Waals surface area (Å²) in [5.74, 6) is 6.33. The monoisotopic (exact) mass is 613 g/mol. The van der Waals surface area contributed by atoms with E-state index in [1.807, 2.05) is 25.2 Å². The number of halogens is 1. The van der Waals surface area contributed by atoms with E-state index in [0.717, 1.165) is 18.7 Å². The van der Waals surface area contributed by atoms with Crippen molar-refractivity contribution in [1.29, 1.82) is 0 Å². The maximum atomic E-state index is 8.81. The molecule has 0 bridgehead atoms. The van der Waals surface area contributed by atoms with Crippen LogP contribution in [0.1, 0.15) is 80.2 Å². The Morgan fingerprint density at radius 3 is 2.41 bits per heavy atom. The molecule has 0 aliphatic heterocycles. The maximum Gasteiger partial charge on any atom is 0.0617 e. The summed E-state index contributed by atoms with van der Waals surface area (Å²) in [5.41, 5.74) is 7.10. The van der Waals surface area contributed by atoms with Gasteiger partial charge >= 0.3 is 0 Å². The van der Waals surface area contributed by atoms with Crippen LogP contribution in [0.5, 0.6) is 0 Å². The summed E-state index contributed by atoms with van der Waals surface area (Å²) in [6, 6.07) is 15.1. The van der Waals surface area contributed by atoms with Gasteiger partial charge in [0, 0.05) is 18.5 Å². The molecule has 3 rings (SSSR count). The second-order valence-corrected chi connectivity index (χ2v) is 13.4. The van der Waals surface area contributed by atoms with Gasteiger partial charge in [0.25, 0.3) is 0 Å². The van der Waals surface area contributed by atoms with Gasteiger partial charge in [0.1, 0.15) is 0 Å². The Balaban J connectivity index is 0.000000431. The normalized spacial score (nSPS) is 15.9. The van der Waals surface area contributed by atoms with Gasteiger partial charge in [-0.15, -0.1) is 12.4 Å². The average Bonchev–Trinajstić information content (AvgIpc) is 2.92. The fourth-order valence-corrected chi connectivity index (χ4v) is 5.18. The molecule has 238 valence electrons. The van der Waals surface area contributed by atoms with Crippen LogP contribution in [0.4, 0.5) is 0 Å². The lowest BCUT2D eigenvalue weighted by molar-refractivity contribution is 0.342. The zero-order valence-corrected chi connectivity index (χ0v) is 29.5. The molecule has 1 N–H and O–H groups in total. The molecule has 44 heavy (non-hydrogen) atoms. The second-order valence-electron chi connectivity index (χ2n) is 13.4. The molecular formula is C41H56ClNO. The van der Waals surface area contributed by atoms with Crippen molar-refractivity contribution in [2.45, 2.75) is 81.2 Å². The van der Waals surface area contributed by atoms with E-state index in [0.29, 0.717) is 5.41 Å². The van der Waals surface area contributed by atoms with Gasteiger partial charge in [0.05, 0.1) is 6.61 Å². The molecule has 1 aliphatic carbocycles. The molecule has 0 saturated heterocycles. The zero-order valence-electron chi connectivity index (χ0n) is 28.7. The highest BCUT2D eigenvalue weighted by Gasteiger charge is 2.26. The third kappa shape index (κ3) is 14.6. The number of allylic oxidation sites excluding steroid dienone is 10. The van der Waals surface area contributed by atoms with E-state index in [4.69, 9.17) is 5.11 Å². The van der Waals surface area contributed by atoms with Crippen molar-refractivity contribution in [3.05, 3.63) is 119 Å². The first-order chi connectivity index (χ1) is 20.3. The van der Waals surface area contributed by atoms with Crippen LogP contribution in [-0.4, -0.2) is 30.2 Å². The van der Waals surface area contributed by atoms with Crippen LogP contribution in [0.15, 0.2) is 113 Å². The molecule has 1 aliphatic rings. The molecule has 0 radical (unpaired) electrons. The zero-order chi connectivity index (χ0) is 31.9. The number of rotatable bonds is 9. The Kier molecular flexibility index (Phi) is 17.1. The van der Waals surface area contributed by atoms with Gasteiger partial charge in [0.2, 0.25) is 0 Å². The highest BCUT2D eigenvalue weighted by molar-refractivity contribution is 5.86. The molecule has 0 aromatic heterocycles. The third-order valence-electron chi connectivity index (χ3n) is 7.57. The SMILES string of the molecule is CC1=C(/C=C/C(C)=C/C=C/C(C)=C/CO)C(C)(C)CCC1.CN(C/C=C/C#CC(C)(C)C)Cc1cccc2ccccc12.Cl. The average molecular weight is 614 g/mol. The van der Waals surface area contributed by atoms with Crippen LogP contribution in [0.2, 0.25) is 0 Å². The predicted molar refractivity (Wildman–Crippen MR) is 197 cm³/mol. The van der Waals surface area contributed by atoms with Gasteiger partial charge in [-0.1, -0.05) is 127 Å². The number of hydrogen-bond acceptors (Lipinski definition) is 2. The quantitative estimate of drug-likeness (QED) is 0.225. The lowest BCUT2D eigenvalue weighted by Crippen LogP contribution is -2.19. The molecule has 3 heteroatoms.